The van der Waals surface area contributed by atoms with E-state index in [9.17, 15) is 18.0 Å². The minimum atomic E-state index is -4.15. The highest BCUT2D eigenvalue weighted by atomic mass is 35.5. The Morgan fingerprint density at radius 1 is 1.27 bits per heavy atom. The van der Waals surface area contributed by atoms with Crippen molar-refractivity contribution in [2.45, 2.75) is 49.4 Å². The number of nitrogens with one attached hydrogen (secondary N) is 1. The molecule has 1 aromatic rings. The monoisotopic (exact) mass is 407 g/mol. The van der Waals surface area contributed by atoms with Crippen LogP contribution in [-0.2, 0) is 0 Å². The molecule has 0 radical (unpaired) electrons. The summed E-state index contributed by atoms with van der Waals surface area (Å²) in [6, 6.07) is 0. The van der Waals surface area contributed by atoms with E-state index in [4.69, 9.17) is 11.6 Å². The molecule has 144 valence electrons. The summed E-state index contributed by atoms with van der Waals surface area (Å²) in [7, 11) is 3.54. The number of anilines is 1. The van der Waals surface area contributed by atoms with Crippen LogP contribution in [0.1, 0.15) is 54.5 Å². The molecule has 1 fully saturated rings. The van der Waals surface area contributed by atoms with E-state index in [-0.39, 0.29) is 29.6 Å². The van der Waals surface area contributed by atoms with E-state index in [1.165, 1.54) is 11.8 Å². The van der Waals surface area contributed by atoms with Gasteiger partial charge in [0.15, 0.2) is 0 Å². The molecule has 1 aliphatic heterocycles. The fraction of sp³-hybridized carbons (Fsp3) is 0.647. The molecular formula is C17H21ClF3N3OS. The number of aromatic amines is 1. The van der Waals surface area contributed by atoms with Crippen LogP contribution in [0.5, 0.6) is 0 Å². The van der Waals surface area contributed by atoms with Gasteiger partial charge in [-0.05, 0) is 32.1 Å². The van der Waals surface area contributed by atoms with E-state index < -0.39 is 12.1 Å². The Morgan fingerprint density at radius 2 is 1.92 bits per heavy atom. The number of halogens is 4. The first kappa shape index (κ1) is 19.6. The van der Waals surface area contributed by atoms with Gasteiger partial charge in [-0.3, -0.25) is 9.78 Å². The van der Waals surface area contributed by atoms with Crippen LogP contribution in [0, 0.1) is 5.92 Å². The molecule has 4 nitrogen and oxygen atoms in total. The van der Waals surface area contributed by atoms with E-state index >= 15 is 0 Å². The highest BCUT2D eigenvalue weighted by Gasteiger charge is 2.42. The molecule has 9 heteroatoms. The number of alkyl halides is 3. The number of hydrogen-bond acceptors (Lipinski definition) is 4. The molecule has 1 aromatic heterocycles. The van der Waals surface area contributed by atoms with Gasteiger partial charge in [0, 0.05) is 25.3 Å². The number of allylic oxidation sites excluding steroid dienone is 1. The molecular weight excluding hydrogens is 387 g/mol. The van der Waals surface area contributed by atoms with Crippen LogP contribution in [0.25, 0.3) is 0 Å². The summed E-state index contributed by atoms with van der Waals surface area (Å²) in [5, 5.41) is -0.134. The summed E-state index contributed by atoms with van der Waals surface area (Å²) in [4.78, 5) is 21.8. The second-order valence-electron chi connectivity index (χ2n) is 7.02. The molecule has 2 heterocycles. The second-order valence-corrected chi connectivity index (χ2v) is 8.90. The van der Waals surface area contributed by atoms with Crippen LogP contribution in [0.3, 0.4) is 0 Å². The van der Waals surface area contributed by atoms with Gasteiger partial charge in [0.25, 0.3) is 5.56 Å². The lowest BCUT2D eigenvalue weighted by Gasteiger charge is -2.31. The van der Waals surface area contributed by atoms with Gasteiger partial charge in [-0.1, -0.05) is 17.7 Å². The number of thioether (sulfide) groups is 1. The molecule has 1 unspecified atom stereocenters. The van der Waals surface area contributed by atoms with Gasteiger partial charge < -0.3 is 4.90 Å². The molecule has 0 aromatic carbocycles. The molecule has 3 rings (SSSR count). The van der Waals surface area contributed by atoms with E-state index in [0.29, 0.717) is 40.8 Å². The Bertz CT molecular complexity index is 755. The molecule has 0 amide bonds. The summed E-state index contributed by atoms with van der Waals surface area (Å²) in [6.45, 7) is 0. The van der Waals surface area contributed by atoms with Crippen molar-refractivity contribution < 1.29 is 13.2 Å². The Morgan fingerprint density at radius 3 is 2.42 bits per heavy atom. The van der Waals surface area contributed by atoms with Gasteiger partial charge >= 0.3 is 6.18 Å². The molecule has 0 bridgehead atoms. The summed E-state index contributed by atoms with van der Waals surface area (Å²) >= 11 is 7.46. The highest BCUT2D eigenvalue weighted by molar-refractivity contribution is 8.05. The van der Waals surface area contributed by atoms with Crippen LogP contribution in [0.15, 0.2) is 15.2 Å². The van der Waals surface area contributed by atoms with Gasteiger partial charge in [-0.15, -0.1) is 11.8 Å². The number of aromatic nitrogens is 2. The molecule has 0 spiro atoms. The highest BCUT2D eigenvalue weighted by Crippen LogP contribution is 2.48. The molecule has 1 atom stereocenters. The van der Waals surface area contributed by atoms with Gasteiger partial charge in [0.2, 0.25) is 5.95 Å². The van der Waals surface area contributed by atoms with Crippen molar-refractivity contribution >= 4 is 29.3 Å². The van der Waals surface area contributed by atoms with Crippen molar-refractivity contribution in [2.75, 3.05) is 19.0 Å². The molecule has 0 saturated heterocycles. The predicted molar refractivity (Wildman–Crippen MR) is 98.8 cm³/mol. The predicted octanol–water partition coefficient (Wildman–Crippen LogP) is 4.93. The van der Waals surface area contributed by atoms with E-state index in [1.807, 2.05) is 6.08 Å². The standard InChI is InChI=1S/C17H21ClF3N3OS/c1-24(2)16-22-14(9-3-5-10(6-4-9)17(19,20)21)13(15(25)23-16)11-7-8-12(18)26-11/h8-11H,3-7H2,1-2H3,(H,22,23,25). The maximum absolute atomic E-state index is 13.0. The van der Waals surface area contributed by atoms with Gasteiger partial charge in [-0.25, -0.2) is 4.98 Å². The Balaban J connectivity index is 1.93. The van der Waals surface area contributed by atoms with E-state index in [1.54, 1.807) is 19.0 Å². The summed E-state index contributed by atoms with van der Waals surface area (Å²) in [5.74, 6) is -0.965. The van der Waals surface area contributed by atoms with Crippen LogP contribution in [-0.4, -0.2) is 30.2 Å². The van der Waals surface area contributed by atoms with Crippen molar-refractivity contribution in [3.63, 3.8) is 0 Å². The van der Waals surface area contributed by atoms with Crippen LogP contribution in [0.4, 0.5) is 19.1 Å². The zero-order valence-electron chi connectivity index (χ0n) is 14.6. The van der Waals surface area contributed by atoms with Crippen LogP contribution in [0.2, 0.25) is 0 Å². The maximum atomic E-state index is 13.0. The van der Waals surface area contributed by atoms with Crippen LogP contribution >= 0.6 is 23.4 Å². The number of H-pyrrole nitrogens is 1. The van der Waals surface area contributed by atoms with Crippen molar-refractivity contribution in [3.8, 4) is 0 Å². The van der Waals surface area contributed by atoms with Crippen molar-refractivity contribution in [2.24, 2.45) is 5.92 Å². The minimum Gasteiger partial charge on any atom is -0.348 e. The topological polar surface area (TPSA) is 49.0 Å². The van der Waals surface area contributed by atoms with Gasteiger partial charge in [0.05, 0.1) is 21.5 Å². The number of rotatable bonds is 3. The first-order valence-corrected chi connectivity index (χ1v) is 9.83. The first-order chi connectivity index (χ1) is 12.2. The first-order valence-electron chi connectivity index (χ1n) is 8.57. The van der Waals surface area contributed by atoms with Gasteiger partial charge in [-0.2, -0.15) is 13.2 Å². The van der Waals surface area contributed by atoms with Crippen LogP contribution < -0.4 is 10.5 Å². The molecule has 1 N–H and O–H groups in total. The van der Waals surface area contributed by atoms with Crippen molar-refractivity contribution in [1.82, 2.24) is 9.97 Å². The zero-order chi connectivity index (χ0) is 19.1. The summed E-state index contributed by atoms with van der Waals surface area (Å²) < 4.78 is 39.5. The van der Waals surface area contributed by atoms with Crippen molar-refractivity contribution in [3.05, 3.63) is 32.1 Å². The third-order valence-corrected chi connectivity index (χ3v) is 6.57. The maximum Gasteiger partial charge on any atom is 0.391 e. The Kier molecular flexibility index (Phi) is 5.63. The molecule has 2 aliphatic rings. The Labute approximate surface area is 159 Å². The zero-order valence-corrected chi connectivity index (χ0v) is 16.1. The fourth-order valence-electron chi connectivity index (χ4n) is 3.62. The average Bonchev–Trinajstić information content (AvgIpc) is 2.99. The minimum absolute atomic E-state index is 0.0796. The summed E-state index contributed by atoms with van der Waals surface area (Å²) in [5.41, 5.74) is 0.965. The smallest absolute Gasteiger partial charge is 0.348 e. The molecule has 26 heavy (non-hydrogen) atoms. The van der Waals surface area contributed by atoms with Gasteiger partial charge in [0.1, 0.15) is 0 Å². The second kappa shape index (κ2) is 7.46. The lowest BCUT2D eigenvalue weighted by Crippen LogP contribution is -2.30. The number of hydrogen-bond donors (Lipinski definition) is 1. The van der Waals surface area contributed by atoms with E-state index in [0.717, 1.165) is 0 Å². The molecule has 1 saturated carbocycles. The van der Waals surface area contributed by atoms with E-state index in [2.05, 4.69) is 9.97 Å². The Hall–Kier alpha value is -1.15. The normalized spacial score (nSPS) is 26.7. The average molecular weight is 408 g/mol. The molecule has 1 aliphatic carbocycles. The fourth-order valence-corrected chi connectivity index (χ4v) is 5.04. The number of nitrogens with zero attached hydrogens (tertiary/aromatic N) is 2. The lowest BCUT2D eigenvalue weighted by atomic mass is 9.79. The quantitative estimate of drug-likeness (QED) is 0.771. The van der Waals surface area contributed by atoms with Crippen molar-refractivity contribution in [1.29, 1.82) is 0 Å². The summed E-state index contributed by atoms with van der Waals surface area (Å²) in [6.07, 6.45) is -0.728. The largest absolute Gasteiger partial charge is 0.391 e. The SMILES string of the molecule is CN(C)c1nc(C2CCC(C(F)(F)F)CC2)c(C2CC=C(Cl)S2)c(=O)[nH]1. The lowest BCUT2D eigenvalue weighted by molar-refractivity contribution is -0.182. The third kappa shape index (κ3) is 4.06. The third-order valence-electron chi connectivity index (χ3n) is 5.04.